The Morgan fingerprint density at radius 2 is 1.88 bits per heavy atom. The summed E-state index contributed by atoms with van der Waals surface area (Å²) in [4.78, 5) is 16.9. The lowest BCUT2D eigenvalue weighted by atomic mass is 9.99. The summed E-state index contributed by atoms with van der Waals surface area (Å²) in [7, 11) is 0. The Bertz CT molecular complexity index is 751. The lowest BCUT2D eigenvalue weighted by molar-refractivity contribution is -0.132. The van der Waals surface area contributed by atoms with Crippen LogP contribution in [0.2, 0.25) is 0 Å². The number of benzene rings is 2. The van der Waals surface area contributed by atoms with Crippen molar-refractivity contribution in [1.29, 1.82) is 0 Å². The Morgan fingerprint density at radius 1 is 1.04 bits per heavy atom. The third-order valence-corrected chi connectivity index (χ3v) is 5.48. The van der Waals surface area contributed by atoms with Crippen LogP contribution in [0, 0.1) is 12.8 Å². The van der Waals surface area contributed by atoms with Gasteiger partial charge in [0.25, 0.3) is 0 Å². The largest absolute Gasteiger partial charge is 0.341 e. The minimum atomic E-state index is 0.344. The summed E-state index contributed by atoms with van der Waals surface area (Å²) in [6, 6.07) is 13.1. The van der Waals surface area contributed by atoms with Gasteiger partial charge in [0.2, 0.25) is 5.91 Å². The Kier molecular flexibility index (Phi) is 4.28. The van der Waals surface area contributed by atoms with E-state index in [1.807, 2.05) is 0 Å². The summed E-state index contributed by atoms with van der Waals surface area (Å²) < 4.78 is 0. The lowest BCUT2D eigenvalue weighted by Crippen LogP contribution is -2.36. The van der Waals surface area contributed by atoms with Gasteiger partial charge in [-0.1, -0.05) is 36.4 Å². The molecule has 0 spiro atoms. The molecule has 2 aliphatic rings. The van der Waals surface area contributed by atoms with Gasteiger partial charge in [0, 0.05) is 38.6 Å². The molecule has 0 bridgehead atoms. The van der Waals surface area contributed by atoms with E-state index in [0.717, 1.165) is 52.0 Å². The van der Waals surface area contributed by atoms with Gasteiger partial charge in [-0.05, 0) is 48.1 Å². The van der Waals surface area contributed by atoms with Crippen LogP contribution >= 0.6 is 0 Å². The van der Waals surface area contributed by atoms with E-state index in [1.165, 1.54) is 21.9 Å². The molecule has 24 heavy (non-hydrogen) atoms. The summed E-state index contributed by atoms with van der Waals surface area (Å²) >= 11 is 0. The maximum atomic E-state index is 12.3. The second kappa shape index (κ2) is 6.56. The van der Waals surface area contributed by atoms with Crippen molar-refractivity contribution >= 4 is 16.7 Å². The number of carbonyl (C=O) groups is 1. The van der Waals surface area contributed by atoms with Crippen LogP contribution < -0.4 is 0 Å². The molecule has 1 heterocycles. The van der Waals surface area contributed by atoms with Gasteiger partial charge in [-0.15, -0.1) is 0 Å². The summed E-state index contributed by atoms with van der Waals surface area (Å²) in [5, 5.41) is 2.69. The molecule has 0 atom stereocenters. The van der Waals surface area contributed by atoms with Gasteiger partial charge in [-0.2, -0.15) is 0 Å². The molecule has 4 rings (SSSR count). The highest BCUT2D eigenvalue weighted by atomic mass is 16.2. The molecule has 126 valence electrons. The Labute approximate surface area is 144 Å². The molecule has 1 saturated carbocycles. The predicted octanol–water partition coefficient (Wildman–Crippen LogP) is 3.59. The number of rotatable bonds is 3. The molecule has 0 aromatic heterocycles. The quantitative estimate of drug-likeness (QED) is 0.862. The van der Waals surface area contributed by atoms with Crippen LogP contribution in [0.3, 0.4) is 0 Å². The number of nitrogens with zero attached hydrogens (tertiary/aromatic N) is 2. The number of fused-ring (bicyclic) bond motifs is 1. The van der Waals surface area contributed by atoms with E-state index < -0.39 is 0 Å². The first-order valence-corrected chi connectivity index (χ1v) is 9.21. The molecule has 0 unspecified atom stereocenters. The highest BCUT2D eigenvalue weighted by Crippen LogP contribution is 2.31. The molecule has 1 amide bonds. The van der Waals surface area contributed by atoms with Crippen LogP contribution in [0.1, 0.15) is 30.4 Å². The van der Waals surface area contributed by atoms with E-state index in [9.17, 15) is 4.79 Å². The molecule has 2 aromatic carbocycles. The minimum absolute atomic E-state index is 0.344. The summed E-state index contributed by atoms with van der Waals surface area (Å²) in [6.07, 6.45) is 3.30. The van der Waals surface area contributed by atoms with Crippen molar-refractivity contribution in [2.75, 3.05) is 26.2 Å². The molecular weight excluding hydrogens is 296 g/mol. The Hall–Kier alpha value is -1.87. The van der Waals surface area contributed by atoms with Crippen LogP contribution in [0.25, 0.3) is 10.8 Å². The van der Waals surface area contributed by atoms with Crippen LogP contribution in [0.4, 0.5) is 0 Å². The van der Waals surface area contributed by atoms with Gasteiger partial charge in [0.15, 0.2) is 0 Å². The fourth-order valence-electron chi connectivity index (χ4n) is 3.82. The van der Waals surface area contributed by atoms with Crippen molar-refractivity contribution < 1.29 is 4.79 Å². The van der Waals surface area contributed by atoms with Crippen molar-refractivity contribution in [3.05, 3.63) is 47.5 Å². The lowest BCUT2D eigenvalue weighted by Gasteiger charge is -2.23. The van der Waals surface area contributed by atoms with Gasteiger partial charge in [0.05, 0.1) is 0 Å². The van der Waals surface area contributed by atoms with Gasteiger partial charge in [-0.3, -0.25) is 9.69 Å². The Morgan fingerprint density at radius 3 is 2.71 bits per heavy atom. The third kappa shape index (κ3) is 3.18. The molecule has 2 fully saturated rings. The van der Waals surface area contributed by atoms with E-state index in [4.69, 9.17) is 0 Å². The van der Waals surface area contributed by atoms with Crippen molar-refractivity contribution in [1.82, 2.24) is 9.80 Å². The second-order valence-corrected chi connectivity index (χ2v) is 7.31. The highest BCUT2D eigenvalue weighted by Gasteiger charge is 2.33. The summed E-state index contributed by atoms with van der Waals surface area (Å²) in [5.74, 6) is 0.745. The molecule has 0 N–H and O–H groups in total. The smallest absolute Gasteiger partial charge is 0.225 e. The maximum absolute atomic E-state index is 12.3. The zero-order valence-electron chi connectivity index (χ0n) is 14.5. The van der Waals surface area contributed by atoms with Crippen LogP contribution in [-0.4, -0.2) is 41.9 Å². The number of hydrogen-bond acceptors (Lipinski definition) is 2. The molecule has 1 aliphatic heterocycles. The molecule has 0 radical (unpaired) electrons. The van der Waals surface area contributed by atoms with E-state index in [0.29, 0.717) is 11.8 Å². The fourth-order valence-corrected chi connectivity index (χ4v) is 3.82. The van der Waals surface area contributed by atoms with Crippen molar-refractivity contribution in [2.24, 2.45) is 5.92 Å². The second-order valence-electron chi connectivity index (χ2n) is 7.31. The third-order valence-electron chi connectivity index (χ3n) is 5.48. The van der Waals surface area contributed by atoms with Crippen molar-refractivity contribution in [3.63, 3.8) is 0 Å². The molecule has 3 nitrogen and oxygen atoms in total. The van der Waals surface area contributed by atoms with Crippen LogP contribution in [0.15, 0.2) is 36.4 Å². The van der Waals surface area contributed by atoms with Crippen molar-refractivity contribution in [3.8, 4) is 0 Å². The van der Waals surface area contributed by atoms with E-state index in [2.05, 4.69) is 53.1 Å². The van der Waals surface area contributed by atoms with E-state index in [1.54, 1.807) is 0 Å². The molecule has 3 heteroatoms. The highest BCUT2D eigenvalue weighted by molar-refractivity contribution is 5.86. The Balaban J connectivity index is 1.49. The van der Waals surface area contributed by atoms with Gasteiger partial charge in [0.1, 0.15) is 0 Å². The average Bonchev–Trinajstić information content (AvgIpc) is 3.44. The summed E-state index contributed by atoms with van der Waals surface area (Å²) in [6.45, 7) is 7.08. The maximum Gasteiger partial charge on any atom is 0.225 e. The molecule has 2 aromatic rings. The minimum Gasteiger partial charge on any atom is -0.341 e. The van der Waals surface area contributed by atoms with Crippen LogP contribution in [0.5, 0.6) is 0 Å². The fraction of sp³-hybridized carbons (Fsp3) is 0.476. The van der Waals surface area contributed by atoms with Crippen molar-refractivity contribution in [2.45, 2.75) is 32.7 Å². The van der Waals surface area contributed by atoms with E-state index in [-0.39, 0.29) is 0 Å². The SMILES string of the molecule is Cc1ccc2ccccc2c1CN1CCCN(C(=O)C2CC2)CC1. The first-order valence-electron chi connectivity index (χ1n) is 9.21. The molecule has 1 aliphatic carbocycles. The summed E-state index contributed by atoms with van der Waals surface area (Å²) in [5.41, 5.74) is 2.80. The van der Waals surface area contributed by atoms with Crippen LogP contribution in [-0.2, 0) is 11.3 Å². The average molecular weight is 322 g/mol. The zero-order chi connectivity index (χ0) is 16.5. The number of carbonyl (C=O) groups excluding carboxylic acids is 1. The topological polar surface area (TPSA) is 23.6 Å². The van der Waals surface area contributed by atoms with E-state index >= 15 is 0 Å². The van der Waals surface area contributed by atoms with Gasteiger partial charge < -0.3 is 4.90 Å². The number of hydrogen-bond donors (Lipinski definition) is 0. The standard InChI is InChI=1S/C21H26N2O/c1-16-7-8-17-5-2-3-6-19(17)20(16)15-22-11-4-12-23(14-13-22)21(24)18-9-10-18/h2-3,5-8,18H,4,9-15H2,1H3. The van der Waals surface area contributed by atoms with Gasteiger partial charge >= 0.3 is 0 Å². The first kappa shape index (κ1) is 15.6. The zero-order valence-corrected chi connectivity index (χ0v) is 14.5. The monoisotopic (exact) mass is 322 g/mol. The predicted molar refractivity (Wildman–Crippen MR) is 97.9 cm³/mol. The van der Waals surface area contributed by atoms with Gasteiger partial charge in [-0.25, -0.2) is 0 Å². The number of aryl methyl sites for hydroxylation is 1. The first-order chi connectivity index (χ1) is 11.7. The molecule has 1 saturated heterocycles. The molecular formula is C21H26N2O. The number of amides is 1. The normalized spacial score (nSPS) is 19.5.